The Morgan fingerprint density at radius 3 is 2.28 bits per heavy atom. The standard InChI is InChI=1S/C22H27NO6/c1-15(2)11-12-28-18-8-5-16(6-9-18)22(25)29-14-21(24)23-17-7-10-19(26-3)20(13-17)27-4/h5-10,13,15H,11-12,14H2,1-4H3,(H,23,24). The summed E-state index contributed by atoms with van der Waals surface area (Å²) in [4.78, 5) is 24.2. The molecular formula is C22H27NO6. The molecule has 0 bridgehead atoms. The Labute approximate surface area is 170 Å². The van der Waals surface area contributed by atoms with Gasteiger partial charge in [-0.25, -0.2) is 4.79 Å². The fourth-order valence-corrected chi connectivity index (χ4v) is 2.43. The highest BCUT2D eigenvalue weighted by Gasteiger charge is 2.12. The van der Waals surface area contributed by atoms with E-state index in [0.29, 0.717) is 41.0 Å². The Hall–Kier alpha value is -3.22. The first-order valence-electron chi connectivity index (χ1n) is 9.34. The molecule has 2 rings (SSSR count). The number of methoxy groups -OCH3 is 2. The van der Waals surface area contributed by atoms with Crippen molar-refractivity contribution in [3.8, 4) is 17.2 Å². The molecule has 156 valence electrons. The molecule has 0 saturated heterocycles. The first-order valence-corrected chi connectivity index (χ1v) is 9.34. The molecular weight excluding hydrogens is 374 g/mol. The summed E-state index contributed by atoms with van der Waals surface area (Å²) in [6, 6.07) is 11.6. The van der Waals surface area contributed by atoms with Crippen LogP contribution in [0.25, 0.3) is 0 Å². The van der Waals surface area contributed by atoms with Crippen molar-refractivity contribution in [2.75, 3.05) is 32.8 Å². The van der Waals surface area contributed by atoms with Gasteiger partial charge in [-0.05, 0) is 48.7 Å². The molecule has 0 aliphatic carbocycles. The fraction of sp³-hybridized carbons (Fsp3) is 0.364. The maximum atomic E-state index is 12.1. The third kappa shape index (κ3) is 7.03. The Kier molecular flexibility index (Phi) is 8.33. The molecule has 0 atom stereocenters. The average molecular weight is 401 g/mol. The van der Waals surface area contributed by atoms with E-state index in [0.717, 1.165) is 6.42 Å². The lowest BCUT2D eigenvalue weighted by molar-refractivity contribution is -0.119. The van der Waals surface area contributed by atoms with Gasteiger partial charge < -0.3 is 24.3 Å². The van der Waals surface area contributed by atoms with Crippen molar-refractivity contribution in [1.82, 2.24) is 0 Å². The van der Waals surface area contributed by atoms with Gasteiger partial charge in [-0.15, -0.1) is 0 Å². The molecule has 2 aromatic rings. The van der Waals surface area contributed by atoms with Gasteiger partial charge in [0.05, 0.1) is 26.4 Å². The number of carbonyl (C=O) groups excluding carboxylic acids is 2. The van der Waals surface area contributed by atoms with Gasteiger partial charge in [0.15, 0.2) is 18.1 Å². The van der Waals surface area contributed by atoms with Gasteiger partial charge in [0, 0.05) is 11.8 Å². The van der Waals surface area contributed by atoms with E-state index in [4.69, 9.17) is 18.9 Å². The number of ether oxygens (including phenoxy) is 4. The normalized spacial score (nSPS) is 10.4. The van der Waals surface area contributed by atoms with Crippen molar-refractivity contribution in [2.45, 2.75) is 20.3 Å². The Balaban J connectivity index is 1.83. The molecule has 0 saturated carbocycles. The number of anilines is 1. The van der Waals surface area contributed by atoms with Crippen LogP contribution in [0.1, 0.15) is 30.6 Å². The van der Waals surface area contributed by atoms with E-state index in [-0.39, 0.29) is 0 Å². The minimum Gasteiger partial charge on any atom is -0.494 e. The van der Waals surface area contributed by atoms with Crippen LogP contribution in [0.2, 0.25) is 0 Å². The molecule has 1 amide bonds. The summed E-state index contributed by atoms with van der Waals surface area (Å²) >= 11 is 0. The third-order valence-corrected chi connectivity index (χ3v) is 4.06. The second-order valence-electron chi connectivity index (χ2n) is 6.75. The number of esters is 1. The van der Waals surface area contributed by atoms with Gasteiger partial charge in [-0.3, -0.25) is 4.79 Å². The van der Waals surface area contributed by atoms with Crippen molar-refractivity contribution < 1.29 is 28.5 Å². The number of amides is 1. The minimum absolute atomic E-state index is 0.347. The number of nitrogens with one attached hydrogen (secondary N) is 1. The lowest BCUT2D eigenvalue weighted by atomic mass is 10.1. The molecule has 0 spiro atoms. The van der Waals surface area contributed by atoms with Gasteiger partial charge in [0.2, 0.25) is 0 Å². The van der Waals surface area contributed by atoms with Gasteiger partial charge >= 0.3 is 5.97 Å². The molecule has 29 heavy (non-hydrogen) atoms. The van der Waals surface area contributed by atoms with Crippen molar-refractivity contribution in [3.05, 3.63) is 48.0 Å². The van der Waals surface area contributed by atoms with Crippen molar-refractivity contribution in [1.29, 1.82) is 0 Å². The number of hydrogen-bond donors (Lipinski definition) is 1. The molecule has 0 fully saturated rings. The van der Waals surface area contributed by atoms with Crippen LogP contribution in [0.15, 0.2) is 42.5 Å². The zero-order valence-corrected chi connectivity index (χ0v) is 17.2. The number of rotatable bonds is 10. The van der Waals surface area contributed by atoms with Crippen LogP contribution in [0.4, 0.5) is 5.69 Å². The van der Waals surface area contributed by atoms with Crippen LogP contribution >= 0.6 is 0 Å². The van der Waals surface area contributed by atoms with Crippen molar-refractivity contribution in [2.24, 2.45) is 5.92 Å². The molecule has 1 N–H and O–H groups in total. The van der Waals surface area contributed by atoms with Crippen LogP contribution in [-0.2, 0) is 9.53 Å². The first-order chi connectivity index (χ1) is 13.9. The monoisotopic (exact) mass is 401 g/mol. The Morgan fingerprint density at radius 1 is 0.966 bits per heavy atom. The largest absolute Gasteiger partial charge is 0.494 e. The summed E-state index contributed by atoms with van der Waals surface area (Å²) in [5.41, 5.74) is 0.853. The zero-order valence-electron chi connectivity index (χ0n) is 17.2. The first kappa shape index (κ1) is 22.1. The van der Waals surface area contributed by atoms with Crippen LogP contribution in [0, 0.1) is 5.92 Å². The molecule has 2 aromatic carbocycles. The third-order valence-electron chi connectivity index (χ3n) is 4.06. The van der Waals surface area contributed by atoms with Gasteiger partial charge in [0.1, 0.15) is 5.75 Å². The summed E-state index contributed by atoms with van der Waals surface area (Å²) < 4.78 is 21.0. The molecule has 0 heterocycles. The summed E-state index contributed by atoms with van der Waals surface area (Å²) in [7, 11) is 3.03. The van der Waals surface area contributed by atoms with Crippen molar-refractivity contribution in [3.63, 3.8) is 0 Å². The lowest BCUT2D eigenvalue weighted by Gasteiger charge is -2.11. The van der Waals surface area contributed by atoms with E-state index >= 15 is 0 Å². The zero-order chi connectivity index (χ0) is 21.2. The predicted molar refractivity (Wildman–Crippen MR) is 110 cm³/mol. The van der Waals surface area contributed by atoms with Gasteiger partial charge in [-0.2, -0.15) is 0 Å². The highest BCUT2D eigenvalue weighted by Crippen LogP contribution is 2.29. The fourth-order valence-electron chi connectivity index (χ4n) is 2.43. The van der Waals surface area contributed by atoms with E-state index < -0.39 is 18.5 Å². The highest BCUT2D eigenvalue weighted by atomic mass is 16.5. The molecule has 0 radical (unpaired) electrons. The van der Waals surface area contributed by atoms with Crippen LogP contribution in [0.5, 0.6) is 17.2 Å². The molecule has 0 unspecified atom stereocenters. The van der Waals surface area contributed by atoms with E-state index in [1.54, 1.807) is 42.5 Å². The second kappa shape index (κ2) is 10.9. The highest BCUT2D eigenvalue weighted by molar-refractivity contribution is 5.95. The summed E-state index contributed by atoms with van der Waals surface area (Å²) in [5, 5.41) is 2.64. The van der Waals surface area contributed by atoms with Crippen molar-refractivity contribution >= 4 is 17.6 Å². The van der Waals surface area contributed by atoms with E-state index in [9.17, 15) is 9.59 Å². The van der Waals surface area contributed by atoms with E-state index in [2.05, 4.69) is 19.2 Å². The maximum absolute atomic E-state index is 12.1. The quantitative estimate of drug-likeness (QED) is 0.608. The minimum atomic E-state index is -0.582. The van der Waals surface area contributed by atoms with E-state index in [1.165, 1.54) is 14.2 Å². The number of hydrogen-bond acceptors (Lipinski definition) is 6. The maximum Gasteiger partial charge on any atom is 0.338 e. The predicted octanol–water partition coefficient (Wildman–Crippen LogP) is 3.92. The molecule has 7 heteroatoms. The van der Waals surface area contributed by atoms with Gasteiger partial charge in [0.25, 0.3) is 5.91 Å². The molecule has 7 nitrogen and oxygen atoms in total. The molecule has 0 aliphatic heterocycles. The number of carbonyl (C=O) groups is 2. The topological polar surface area (TPSA) is 83.1 Å². The molecule has 0 aromatic heterocycles. The summed E-state index contributed by atoms with van der Waals surface area (Å²) in [5.74, 6) is 1.25. The van der Waals surface area contributed by atoms with Crippen LogP contribution in [0.3, 0.4) is 0 Å². The Bertz CT molecular complexity index is 817. The summed E-state index contributed by atoms with van der Waals surface area (Å²) in [6.07, 6.45) is 0.957. The van der Waals surface area contributed by atoms with Crippen LogP contribution < -0.4 is 19.5 Å². The lowest BCUT2D eigenvalue weighted by Crippen LogP contribution is -2.21. The smallest absolute Gasteiger partial charge is 0.338 e. The second-order valence-corrected chi connectivity index (χ2v) is 6.75. The van der Waals surface area contributed by atoms with Gasteiger partial charge in [-0.1, -0.05) is 13.8 Å². The summed E-state index contributed by atoms with van der Waals surface area (Å²) in [6.45, 7) is 4.48. The van der Waals surface area contributed by atoms with Crippen LogP contribution in [-0.4, -0.2) is 39.3 Å². The van der Waals surface area contributed by atoms with E-state index in [1.807, 2.05) is 0 Å². The Morgan fingerprint density at radius 2 is 1.66 bits per heavy atom. The molecule has 0 aliphatic rings. The SMILES string of the molecule is COc1ccc(NC(=O)COC(=O)c2ccc(OCCC(C)C)cc2)cc1OC. The average Bonchev–Trinajstić information content (AvgIpc) is 2.72. The number of benzene rings is 2.